The number of methoxy groups -OCH3 is 1. The van der Waals surface area contributed by atoms with Crippen LogP contribution in [0.25, 0.3) is 0 Å². The molecule has 1 aliphatic heterocycles. The van der Waals surface area contributed by atoms with Gasteiger partial charge in [0.2, 0.25) is 0 Å². The van der Waals surface area contributed by atoms with Gasteiger partial charge in [-0.15, -0.1) is 0 Å². The zero-order valence-corrected chi connectivity index (χ0v) is 14.9. The Hall–Kier alpha value is -2.83. The summed E-state index contributed by atoms with van der Waals surface area (Å²) in [4.78, 5) is 12.6. The molecule has 2 aromatic rings. The number of rotatable bonds is 6. The van der Waals surface area contributed by atoms with Crippen molar-refractivity contribution in [3.8, 4) is 5.75 Å². The topological polar surface area (TPSA) is 67.6 Å². The summed E-state index contributed by atoms with van der Waals surface area (Å²) in [6, 6.07) is 10.4. The summed E-state index contributed by atoms with van der Waals surface area (Å²) in [5.74, 6) is 0.606. The summed E-state index contributed by atoms with van der Waals surface area (Å²) in [7, 11) is 1.66. The van der Waals surface area contributed by atoms with Crippen LogP contribution in [0, 0.1) is 28.8 Å². The molecule has 26 heavy (non-hydrogen) atoms. The Morgan fingerprint density at radius 1 is 1.38 bits per heavy atom. The largest absolute Gasteiger partial charge is 0.495 e. The lowest BCUT2D eigenvalue weighted by Gasteiger charge is -2.21. The van der Waals surface area contributed by atoms with Gasteiger partial charge in [-0.05, 0) is 37.5 Å². The molecule has 1 aliphatic rings. The molecular weight excluding hydrogens is 337 g/mol. The first-order chi connectivity index (χ1) is 12.5. The second-order valence-corrected chi connectivity index (χ2v) is 6.53. The third-order valence-electron chi connectivity index (χ3n) is 4.78. The number of nitro benzene ring substituents is 1. The average Bonchev–Trinajstić information content (AvgIpc) is 3.10. The summed E-state index contributed by atoms with van der Waals surface area (Å²) in [6.07, 6.45) is 0.985. The van der Waals surface area contributed by atoms with Gasteiger partial charge >= 0.3 is 0 Å². The molecule has 1 unspecified atom stereocenters. The highest BCUT2D eigenvalue weighted by Gasteiger charge is 2.25. The minimum Gasteiger partial charge on any atom is -0.495 e. The first-order valence-electron chi connectivity index (χ1n) is 8.56. The molecule has 0 saturated carbocycles. The van der Waals surface area contributed by atoms with Crippen molar-refractivity contribution in [2.75, 3.05) is 37.0 Å². The number of nitrogens with one attached hydrogen (secondary N) is 1. The summed E-state index contributed by atoms with van der Waals surface area (Å²) in [5, 5.41) is 14.0. The van der Waals surface area contributed by atoms with Gasteiger partial charge in [0.15, 0.2) is 5.82 Å². The zero-order valence-electron chi connectivity index (χ0n) is 14.9. The van der Waals surface area contributed by atoms with E-state index in [0.29, 0.717) is 23.7 Å². The van der Waals surface area contributed by atoms with Gasteiger partial charge in [0.05, 0.1) is 29.5 Å². The average molecular weight is 359 g/mol. The van der Waals surface area contributed by atoms with Crippen LogP contribution in [-0.2, 0) is 0 Å². The molecule has 0 spiro atoms. The van der Waals surface area contributed by atoms with Crippen LogP contribution >= 0.6 is 0 Å². The number of anilines is 2. The fourth-order valence-electron chi connectivity index (χ4n) is 3.37. The molecule has 1 fully saturated rings. The lowest BCUT2D eigenvalue weighted by atomic mass is 10.1. The number of benzene rings is 2. The number of halogens is 1. The summed E-state index contributed by atoms with van der Waals surface area (Å²) in [6.45, 7) is 3.98. The van der Waals surface area contributed by atoms with Crippen LogP contribution in [0.2, 0.25) is 0 Å². The van der Waals surface area contributed by atoms with Gasteiger partial charge in [-0.2, -0.15) is 0 Å². The summed E-state index contributed by atoms with van der Waals surface area (Å²) < 4.78 is 19.5. The van der Waals surface area contributed by atoms with Gasteiger partial charge in [0.1, 0.15) is 5.75 Å². The Kier molecular flexibility index (Phi) is 5.25. The number of hydrogen-bond donors (Lipinski definition) is 1. The van der Waals surface area contributed by atoms with Crippen LogP contribution < -0.4 is 15.0 Å². The van der Waals surface area contributed by atoms with E-state index in [0.717, 1.165) is 37.0 Å². The van der Waals surface area contributed by atoms with Gasteiger partial charge in [-0.3, -0.25) is 10.1 Å². The quantitative estimate of drug-likeness (QED) is 0.624. The number of ether oxygens (including phenoxy) is 1. The van der Waals surface area contributed by atoms with E-state index in [2.05, 4.69) is 10.2 Å². The lowest BCUT2D eigenvalue weighted by Crippen LogP contribution is -2.23. The second kappa shape index (κ2) is 7.59. The Bertz CT molecular complexity index is 813. The molecule has 1 atom stereocenters. The van der Waals surface area contributed by atoms with E-state index < -0.39 is 10.7 Å². The van der Waals surface area contributed by atoms with Crippen LogP contribution in [0.15, 0.2) is 36.4 Å². The van der Waals surface area contributed by atoms with Crippen molar-refractivity contribution in [3.63, 3.8) is 0 Å². The van der Waals surface area contributed by atoms with Gasteiger partial charge < -0.3 is 15.0 Å². The molecule has 1 saturated heterocycles. The Morgan fingerprint density at radius 2 is 2.15 bits per heavy atom. The molecule has 6 nitrogen and oxygen atoms in total. The molecule has 0 aliphatic carbocycles. The highest BCUT2D eigenvalue weighted by atomic mass is 19.1. The third-order valence-corrected chi connectivity index (χ3v) is 4.78. The predicted octanol–water partition coefficient (Wildman–Crippen LogP) is 3.99. The molecular formula is C19H22FN3O3. The maximum atomic E-state index is 14.1. The van der Waals surface area contributed by atoms with Crippen molar-refractivity contribution in [2.45, 2.75) is 13.3 Å². The van der Waals surface area contributed by atoms with Crippen molar-refractivity contribution in [1.82, 2.24) is 0 Å². The van der Waals surface area contributed by atoms with Crippen LogP contribution in [0.5, 0.6) is 5.75 Å². The number of hydrogen-bond acceptors (Lipinski definition) is 5. The van der Waals surface area contributed by atoms with Gasteiger partial charge in [0, 0.05) is 25.2 Å². The van der Waals surface area contributed by atoms with Crippen LogP contribution in [0.4, 0.5) is 21.5 Å². The van der Waals surface area contributed by atoms with Crippen molar-refractivity contribution in [1.29, 1.82) is 0 Å². The molecule has 1 N–H and O–H groups in total. The van der Waals surface area contributed by atoms with E-state index in [9.17, 15) is 14.5 Å². The fourth-order valence-corrected chi connectivity index (χ4v) is 3.37. The number of para-hydroxylation sites is 2. The normalized spacial score (nSPS) is 16.6. The van der Waals surface area contributed by atoms with Gasteiger partial charge in [0.25, 0.3) is 5.69 Å². The van der Waals surface area contributed by atoms with Crippen molar-refractivity contribution < 1.29 is 14.1 Å². The lowest BCUT2D eigenvalue weighted by molar-refractivity contribution is -0.385. The van der Waals surface area contributed by atoms with Crippen molar-refractivity contribution in [3.05, 3.63) is 57.9 Å². The third kappa shape index (κ3) is 3.71. The van der Waals surface area contributed by atoms with Crippen molar-refractivity contribution in [2.24, 2.45) is 5.92 Å². The Morgan fingerprint density at radius 3 is 2.88 bits per heavy atom. The Labute approximate surface area is 151 Å². The van der Waals surface area contributed by atoms with E-state index in [4.69, 9.17) is 4.74 Å². The molecule has 0 bridgehead atoms. The molecule has 7 heteroatoms. The highest BCUT2D eigenvalue weighted by molar-refractivity contribution is 5.59. The smallest absolute Gasteiger partial charge is 0.275 e. The van der Waals surface area contributed by atoms with Crippen molar-refractivity contribution >= 4 is 17.1 Å². The van der Waals surface area contributed by atoms with E-state index in [1.165, 1.54) is 6.07 Å². The monoisotopic (exact) mass is 359 g/mol. The van der Waals surface area contributed by atoms with Crippen LogP contribution in [0.1, 0.15) is 12.0 Å². The highest BCUT2D eigenvalue weighted by Crippen LogP contribution is 2.32. The SMILES string of the molecule is COc1ccccc1N1CCC(CNc2cc(C)c([N+](=O)[O-])cc2F)C1. The van der Waals surface area contributed by atoms with E-state index >= 15 is 0 Å². The van der Waals surface area contributed by atoms with Crippen LogP contribution in [-0.4, -0.2) is 31.7 Å². The summed E-state index contributed by atoms with van der Waals surface area (Å²) >= 11 is 0. The fraction of sp³-hybridized carbons (Fsp3) is 0.368. The standard InChI is InChI=1S/C19H22FN3O3/c1-13-9-16(15(20)10-18(13)23(24)25)21-11-14-7-8-22(12-14)17-5-3-4-6-19(17)26-2/h3-6,9-10,14,21H,7-8,11-12H2,1-2H3. The molecule has 3 rings (SSSR count). The Balaban J connectivity index is 1.63. The minimum atomic E-state index is -0.595. The van der Waals surface area contributed by atoms with E-state index in [-0.39, 0.29) is 5.69 Å². The van der Waals surface area contributed by atoms with Gasteiger partial charge in [-0.25, -0.2) is 4.39 Å². The first kappa shape index (κ1) is 18.0. The molecule has 1 heterocycles. The maximum Gasteiger partial charge on any atom is 0.275 e. The zero-order chi connectivity index (χ0) is 18.7. The molecule has 0 radical (unpaired) electrons. The first-order valence-corrected chi connectivity index (χ1v) is 8.56. The molecule has 0 aromatic heterocycles. The molecule has 2 aromatic carbocycles. The maximum absolute atomic E-state index is 14.1. The second-order valence-electron chi connectivity index (χ2n) is 6.53. The van der Waals surface area contributed by atoms with Gasteiger partial charge in [-0.1, -0.05) is 12.1 Å². The minimum absolute atomic E-state index is 0.198. The van der Waals surface area contributed by atoms with E-state index in [1.807, 2.05) is 24.3 Å². The number of aryl methyl sites for hydroxylation is 1. The molecule has 138 valence electrons. The summed E-state index contributed by atoms with van der Waals surface area (Å²) in [5.41, 5.74) is 1.62. The molecule has 0 amide bonds. The van der Waals surface area contributed by atoms with E-state index in [1.54, 1.807) is 14.0 Å². The number of nitrogens with zero attached hydrogens (tertiary/aromatic N) is 2. The predicted molar refractivity (Wildman–Crippen MR) is 99.6 cm³/mol. The number of nitro groups is 1. The van der Waals surface area contributed by atoms with Crippen LogP contribution in [0.3, 0.4) is 0 Å².